The molecule has 2 heterocycles. The van der Waals surface area contributed by atoms with Crippen molar-refractivity contribution in [2.24, 2.45) is 5.73 Å². The molecule has 0 radical (unpaired) electrons. The quantitative estimate of drug-likeness (QED) is 0.774. The lowest BCUT2D eigenvalue weighted by molar-refractivity contribution is 0.0983. The lowest BCUT2D eigenvalue weighted by Crippen LogP contribution is -2.17. The normalized spacial score (nSPS) is 24.8. The van der Waals surface area contributed by atoms with Crippen LogP contribution in [-0.2, 0) is 4.74 Å². The van der Waals surface area contributed by atoms with Crippen LogP contribution in [0.2, 0.25) is 0 Å². The van der Waals surface area contributed by atoms with Crippen LogP contribution in [0, 0.1) is 0 Å². The fraction of sp³-hybridized carbons (Fsp3) is 0.600. The summed E-state index contributed by atoms with van der Waals surface area (Å²) >= 11 is 0. The Hall–Kier alpha value is -0.800. The molecule has 1 aliphatic rings. The molecule has 0 spiro atoms. The van der Waals surface area contributed by atoms with E-state index in [1.807, 2.05) is 6.07 Å². The van der Waals surface area contributed by atoms with Crippen LogP contribution in [0.5, 0.6) is 0 Å². The number of ether oxygens (including phenoxy) is 1. The molecule has 1 aliphatic heterocycles. The molecule has 1 aromatic rings. The molecule has 2 rings (SSSR count). The summed E-state index contributed by atoms with van der Waals surface area (Å²) in [6.45, 7) is 0.892. The minimum atomic E-state index is 0.0573. The van der Waals surface area contributed by atoms with Gasteiger partial charge in [0.2, 0.25) is 0 Å². The summed E-state index contributed by atoms with van der Waals surface area (Å²) in [4.78, 5) is 0. The Morgan fingerprint density at radius 1 is 1.62 bits per heavy atom. The number of hydrogen-bond donors (Lipinski definition) is 1. The molecule has 72 valence electrons. The van der Waals surface area contributed by atoms with Crippen LogP contribution in [0.1, 0.15) is 30.9 Å². The lowest BCUT2D eigenvalue weighted by atomic mass is 10.0. The Balaban J connectivity index is 1.87. The number of hydrogen-bond acceptors (Lipinski definition) is 3. The average molecular weight is 181 g/mol. The predicted octanol–water partition coefficient (Wildman–Crippen LogP) is 1.85. The van der Waals surface area contributed by atoms with Crippen molar-refractivity contribution in [2.75, 3.05) is 6.61 Å². The van der Waals surface area contributed by atoms with Crippen molar-refractivity contribution in [3.8, 4) is 0 Å². The monoisotopic (exact) mass is 181 g/mol. The Bertz CT molecular complexity index is 239. The van der Waals surface area contributed by atoms with E-state index >= 15 is 0 Å². The second-order valence-corrected chi connectivity index (χ2v) is 3.53. The second kappa shape index (κ2) is 3.94. The Morgan fingerprint density at radius 3 is 3.15 bits per heavy atom. The van der Waals surface area contributed by atoms with Gasteiger partial charge in [-0.1, -0.05) is 0 Å². The maximum Gasteiger partial charge on any atom is 0.0950 e. The highest BCUT2D eigenvalue weighted by Crippen LogP contribution is 2.23. The molecule has 1 aromatic heterocycles. The van der Waals surface area contributed by atoms with Crippen LogP contribution < -0.4 is 5.73 Å². The van der Waals surface area contributed by atoms with E-state index in [-0.39, 0.29) is 6.04 Å². The van der Waals surface area contributed by atoms with Gasteiger partial charge in [-0.15, -0.1) is 0 Å². The smallest absolute Gasteiger partial charge is 0.0950 e. The van der Waals surface area contributed by atoms with Crippen LogP contribution >= 0.6 is 0 Å². The van der Waals surface area contributed by atoms with Crippen molar-refractivity contribution in [3.63, 3.8) is 0 Å². The van der Waals surface area contributed by atoms with Gasteiger partial charge in [0, 0.05) is 18.2 Å². The molecule has 0 aliphatic carbocycles. The van der Waals surface area contributed by atoms with Gasteiger partial charge in [-0.2, -0.15) is 0 Å². The van der Waals surface area contributed by atoms with Crippen LogP contribution in [-0.4, -0.2) is 12.7 Å². The highest BCUT2D eigenvalue weighted by molar-refractivity contribution is 5.10. The molecule has 0 amide bonds. The van der Waals surface area contributed by atoms with Crippen LogP contribution in [0.4, 0.5) is 0 Å². The van der Waals surface area contributed by atoms with Gasteiger partial charge in [-0.25, -0.2) is 0 Å². The van der Waals surface area contributed by atoms with Crippen LogP contribution in [0.3, 0.4) is 0 Å². The van der Waals surface area contributed by atoms with E-state index in [1.165, 1.54) is 6.42 Å². The molecule has 0 aromatic carbocycles. The summed E-state index contributed by atoms with van der Waals surface area (Å²) in [6.07, 6.45) is 6.93. The van der Waals surface area contributed by atoms with Gasteiger partial charge in [0.15, 0.2) is 0 Å². The van der Waals surface area contributed by atoms with E-state index in [9.17, 15) is 0 Å². The van der Waals surface area contributed by atoms with Crippen molar-refractivity contribution < 1.29 is 9.15 Å². The van der Waals surface area contributed by atoms with Crippen molar-refractivity contribution >= 4 is 0 Å². The summed E-state index contributed by atoms with van der Waals surface area (Å²) < 4.78 is 10.5. The Kier molecular flexibility index (Phi) is 2.66. The summed E-state index contributed by atoms with van der Waals surface area (Å²) in [6, 6.07) is 1.97. The van der Waals surface area contributed by atoms with Crippen molar-refractivity contribution in [1.29, 1.82) is 0 Å². The molecule has 2 atom stereocenters. The van der Waals surface area contributed by atoms with Crippen LogP contribution in [0.15, 0.2) is 23.0 Å². The van der Waals surface area contributed by atoms with Gasteiger partial charge in [0.25, 0.3) is 0 Å². The summed E-state index contributed by atoms with van der Waals surface area (Å²) in [5.74, 6) is 0. The molecular formula is C10H15NO2. The standard InChI is InChI=1S/C10H15NO2/c11-10(8-3-5-12-7-8)6-9-2-1-4-13-9/h3,5,7,9-10H,1-2,4,6,11H2. The molecule has 3 heteroatoms. The topological polar surface area (TPSA) is 48.4 Å². The van der Waals surface area contributed by atoms with E-state index in [2.05, 4.69) is 0 Å². The zero-order valence-corrected chi connectivity index (χ0v) is 7.61. The third kappa shape index (κ3) is 2.11. The number of rotatable bonds is 3. The highest BCUT2D eigenvalue weighted by atomic mass is 16.5. The molecule has 1 fully saturated rings. The molecular weight excluding hydrogens is 166 g/mol. The zero-order chi connectivity index (χ0) is 9.10. The first-order chi connectivity index (χ1) is 6.36. The van der Waals surface area contributed by atoms with Crippen molar-refractivity contribution in [3.05, 3.63) is 24.2 Å². The fourth-order valence-electron chi connectivity index (χ4n) is 1.74. The zero-order valence-electron chi connectivity index (χ0n) is 7.61. The first-order valence-electron chi connectivity index (χ1n) is 4.75. The number of furan rings is 1. The maximum atomic E-state index is 5.98. The van der Waals surface area contributed by atoms with Gasteiger partial charge >= 0.3 is 0 Å². The highest BCUT2D eigenvalue weighted by Gasteiger charge is 2.19. The van der Waals surface area contributed by atoms with Gasteiger partial charge in [0.1, 0.15) is 0 Å². The maximum absolute atomic E-state index is 5.98. The second-order valence-electron chi connectivity index (χ2n) is 3.53. The molecule has 3 nitrogen and oxygen atoms in total. The van der Waals surface area contributed by atoms with E-state index in [0.29, 0.717) is 6.10 Å². The minimum Gasteiger partial charge on any atom is -0.472 e. The molecule has 1 saturated heterocycles. The SMILES string of the molecule is NC(CC1CCCO1)c1ccoc1. The van der Waals surface area contributed by atoms with Crippen LogP contribution in [0.25, 0.3) is 0 Å². The van der Waals surface area contributed by atoms with Gasteiger partial charge in [-0.3, -0.25) is 0 Å². The van der Waals surface area contributed by atoms with Crippen molar-refractivity contribution in [2.45, 2.75) is 31.4 Å². The lowest BCUT2D eigenvalue weighted by Gasteiger charge is -2.14. The first kappa shape index (κ1) is 8.78. The molecule has 2 N–H and O–H groups in total. The first-order valence-corrected chi connectivity index (χ1v) is 4.75. The van der Waals surface area contributed by atoms with E-state index in [1.54, 1.807) is 12.5 Å². The molecule has 0 bridgehead atoms. The van der Waals surface area contributed by atoms with Gasteiger partial charge < -0.3 is 14.9 Å². The predicted molar refractivity (Wildman–Crippen MR) is 49.2 cm³/mol. The Labute approximate surface area is 77.9 Å². The summed E-state index contributed by atoms with van der Waals surface area (Å²) in [5.41, 5.74) is 7.04. The molecule has 13 heavy (non-hydrogen) atoms. The third-order valence-corrected chi connectivity index (χ3v) is 2.51. The van der Waals surface area contributed by atoms with Gasteiger partial charge in [0.05, 0.1) is 18.6 Å². The van der Waals surface area contributed by atoms with E-state index in [0.717, 1.165) is 25.0 Å². The summed E-state index contributed by atoms with van der Waals surface area (Å²) in [7, 11) is 0. The molecule has 0 saturated carbocycles. The Morgan fingerprint density at radius 2 is 2.54 bits per heavy atom. The largest absolute Gasteiger partial charge is 0.472 e. The molecule has 2 unspecified atom stereocenters. The van der Waals surface area contributed by atoms with Crippen molar-refractivity contribution in [1.82, 2.24) is 0 Å². The van der Waals surface area contributed by atoms with E-state index in [4.69, 9.17) is 14.9 Å². The minimum absolute atomic E-state index is 0.0573. The summed E-state index contributed by atoms with van der Waals surface area (Å²) in [5, 5.41) is 0. The van der Waals surface area contributed by atoms with Gasteiger partial charge in [-0.05, 0) is 25.3 Å². The number of nitrogens with two attached hydrogens (primary N) is 1. The van der Waals surface area contributed by atoms with E-state index < -0.39 is 0 Å². The third-order valence-electron chi connectivity index (χ3n) is 2.51. The average Bonchev–Trinajstić information content (AvgIpc) is 2.74. The fourth-order valence-corrected chi connectivity index (χ4v) is 1.74.